The Morgan fingerprint density at radius 3 is 1.22 bits per heavy atom. The second-order valence-electron chi connectivity index (χ2n) is 17.5. The zero-order valence-electron chi connectivity index (χ0n) is 38.8. The maximum atomic E-state index is 12.4. The molecule has 1 amide bonds. The summed E-state index contributed by atoms with van der Waals surface area (Å²) in [6.07, 6.45) is 56.0. The van der Waals surface area contributed by atoms with E-state index in [9.17, 15) is 19.8 Å². The normalized spacial score (nSPS) is 12.8. The van der Waals surface area contributed by atoms with Gasteiger partial charge < -0.3 is 20.3 Å². The fourth-order valence-electron chi connectivity index (χ4n) is 7.74. The van der Waals surface area contributed by atoms with Gasteiger partial charge in [-0.1, -0.05) is 224 Å². The smallest absolute Gasteiger partial charge is 0.305 e. The first kappa shape index (κ1) is 56.3. The highest BCUT2D eigenvalue weighted by Crippen LogP contribution is 2.16. The molecule has 0 spiro atoms. The third kappa shape index (κ3) is 43.9. The van der Waals surface area contributed by atoms with Crippen molar-refractivity contribution in [1.29, 1.82) is 0 Å². The number of hydrogen-bond acceptors (Lipinski definition) is 5. The number of nitrogens with one attached hydrogen (secondary N) is 1. The highest BCUT2D eigenvalue weighted by molar-refractivity contribution is 5.76. The van der Waals surface area contributed by atoms with Crippen LogP contribution in [0, 0.1) is 0 Å². The number of unbranched alkanes of at least 4 members (excludes halogenated alkanes) is 34. The predicted octanol–water partition coefficient (Wildman–Crippen LogP) is 15.1. The third-order valence-electron chi connectivity index (χ3n) is 11.7. The molecule has 6 heteroatoms. The van der Waals surface area contributed by atoms with Gasteiger partial charge in [0, 0.05) is 12.8 Å². The molecule has 0 aliphatic heterocycles. The molecule has 0 aromatic rings. The Morgan fingerprint density at radius 1 is 0.466 bits per heavy atom. The maximum absolute atomic E-state index is 12.4. The standard InChI is InChI=1S/C52H99NO5/c1-3-5-7-9-11-13-15-17-18-19-20-22-24-28-32-36-40-44-50(55)49(48-54)53-51(56)45-41-37-33-29-25-23-27-31-35-39-43-47-58-52(57)46-42-38-34-30-26-21-16-14-12-10-8-6-4-2/h27,31,40,44,49-50,54-55H,3-26,28-30,32-39,41-43,45-48H2,1-2H3,(H,53,56)/b31-27-,44-40+. The number of ether oxygens (including phenoxy) is 1. The van der Waals surface area contributed by atoms with E-state index >= 15 is 0 Å². The maximum Gasteiger partial charge on any atom is 0.305 e. The number of allylic oxidation sites excluding steroid dienone is 3. The average molecular weight is 818 g/mol. The second-order valence-corrected chi connectivity index (χ2v) is 17.5. The first-order valence-electron chi connectivity index (χ1n) is 25.6. The minimum Gasteiger partial charge on any atom is -0.466 e. The Kier molecular flexibility index (Phi) is 46.6. The molecule has 0 aliphatic rings. The summed E-state index contributed by atoms with van der Waals surface area (Å²) in [4.78, 5) is 24.4. The van der Waals surface area contributed by atoms with E-state index in [2.05, 4.69) is 31.3 Å². The van der Waals surface area contributed by atoms with Gasteiger partial charge in [0.15, 0.2) is 0 Å². The molecule has 0 aliphatic carbocycles. The molecule has 0 aromatic heterocycles. The summed E-state index contributed by atoms with van der Waals surface area (Å²) in [5, 5.41) is 23.1. The zero-order chi connectivity index (χ0) is 42.3. The summed E-state index contributed by atoms with van der Waals surface area (Å²) < 4.78 is 5.43. The molecule has 2 atom stereocenters. The lowest BCUT2D eigenvalue weighted by molar-refractivity contribution is -0.143. The fraction of sp³-hybridized carbons (Fsp3) is 0.885. The molecule has 0 radical (unpaired) electrons. The van der Waals surface area contributed by atoms with E-state index in [-0.39, 0.29) is 18.5 Å². The van der Waals surface area contributed by atoms with E-state index < -0.39 is 12.1 Å². The van der Waals surface area contributed by atoms with Crippen molar-refractivity contribution in [2.45, 2.75) is 283 Å². The molecular weight excluding hydrogens is 719 g/mol. The molecule has 0 fully saturated rings. The van der Waals surface area contributed by atoms with Crippen LogP contribution in [-0.2, 0) is 14.3 Å². The van der Waals surface area contributed by atoms with Crippen LogP contribution < -0.4 is 5.32 Å². The molecule has 0 bridgehead atoms. The number of amides is 1. The molecule has 0 saturated carbocycles. The summed E-state index contributed by atoms with van der Waals surface area (Å²) in [5.41, 5.74) is 0. The molecule has 0 rings (SSSR count). The van der Waals surface area contributed by atoms with Crippen molar-refractivity contribution in [1.82, 2.24) is 5.32 Å². The lowest BCUT2D eigenvalue weighted by Gasteiger charge is -2.20. The largest absolute Gasteiger partial charge is 0.466 e. The monoisotopic (exact) mass is 818 g/mol. The number of aliphatic hydroxyl groups is 2. The summed E-state index contributed by atoms with van der Waals surface area (Å²) in [6, 6.07) is -0.648. The zero-order valence-corrected chi connectivity index (χ0v) is 38.8. The van der Waals surface area contributed by atoms with E-state index in [0.717, 1.165) is 83.5 Å². The van der Waals surface area contributed by atoms with Crippen LogP contribution >= 0.6 is 0 Å². The topological polar surface area (TPSA) is 95.9 Å². The van der Waals surface area contributed by atoms with Crippen molar-refractivity contribution in [2.24, 2.45) is 0 Å². The minimum absolute atomic E-state index is 0.0316. The first-order valence-corrected chi connectivity index (χ1v) is 25.6. The average Bonchev–Trinajstić information content (AvgIpc) is 3.22. The lowest BCUT2D eigenvalue weighted by atomic mass is 10.0. The van der Waals surface area contributed by atoms with E-state index in [4.69, 9.17) is 4.74 Å². The highest BCUT2D eigenvalue weighted by Gasteiger charge is 2.18. The van der Waals surface area contributed by atoms with Crippen LogP contribution in [-0.4, -0.2) is 47.4 Å². The summed E-state index contributed by atoms with van der Waals surface area (Å²) in [7, 11) is 0. The van der Waals surface area contributed by atoms with Gasteiger partial charge in [0.05, 0.1) is 25.4 Å². The molecule has 6 nitrogen and oxygen atoms in total. The van der Waals surface area contributed by atoms with Crippen molar-refractivity contribution in [3.63, 3.8) is 0 Å². The highest BCUT2D eigenvalue weighted by atomic mass is 16.5. The lowest BCUT2D eigenvalue weighted by Crippen LogP contribution is -2.45. The van der Waals surface area contributed by atoms with Gasteiger partial charge in [0.2, 0.25) is 5.91 Å². The van der Waals surface area contributed by atoms with Crippen LogP contribution in [0.2, 0.25) is 0 Å². The number of rotatable bonds is 47. The van der Waals surface area contributed by atoms with E-state index in [1.165, 1.54) is 161 Å². The van der Waals surface area contributed by atoms with Gasteiger partial charge >= 0.3 is 5.97 Å². The van der Waals surface area contributed by atoms with Crippen LogP contribution in [0.3, 0.4) is 0 Å². The van der Waals surface area contributed by atoms with E-state index in [1.807, 2.05) is 6.08 Å². The number of esters is 1. The van der Waals surface area contributed by atoms with Gasteiger partial charge in [-0.3, -0.25) is 9.59 Å². The summed E-state index contributed by atoms with van der Waals surface area (Å²) in [5.74, 6) is -0.128. The molecule has 58 heavy (non-hydrogen) atoms. The van der Waals surface area contributed by atoms with Crippen LogP contribution in [0.1, 0.15) is 271 Å². The fourth-order valence-corrected chi connectivity index (χ4v) is 7.74. The SMILES string of the molecule is CCCCCCCCCCCCCCCCC/C=C/C(O)C(CO)NC(=O)CCCCCCC/C=C\CCCCOC(=O)CCCCCCCCCCCCCCC. The van der Waals surface area contributed by atoms with Crippen molar-refractivity contribution in [2.75, 3.05) is 13.2 Å². The minimum atomic E-state index is -0.862. The van der Waals surface area contributed by atoms with Crippen LogP contribution in [0.25, 0.3) is 0 Å². The Morgan fingerprint density at radius 2 is 0.810 bits per heavy atom. The number of carbonyl (C=O) groups is 2. The van der Waals surface area contributed by atoms with Crippen LogP contribution in [0.15, 0.2) is 24.3 Å². The van der Waals surface area contributed by atoms with Crippen molar-refractivity contribution in [3.8, 4) is 0 Å². The molecule has 342 valence electrons. The molecule has 0 heterocycles. The van der Waals surface area contributed by atoms with Gasteiger partial charge in [0.25, 0.3) is 0 Å². The Balaban J connectivity index is 3.56. The Bertz CT molecular complexity index is 904. The number of carbonyl (C=O) groups excluding carboxylic acids is 2. The molecule has 3 N–H and O–H groups in total. The van der Waals surface area contributed by atoms with Crippen molar-refractivity contribution < 1.29 is 24.5 Å². The second kappa shape index (κ2) is 48.0. The first-order chi connectivity index (χ1) is 28.5. The van der Waals surface area contributed by atoms with Crippen molar-refractivity contribution >= 4 is 11.9 Å². The quantitative estimate of drug-likeness (QED) is 0.0323. The summed E-state index contributed by atoms with van der Waals surface area (Å²) >= 11 is 0. The Hall–Kier alpha value is -1.66. The van der Waals surface area contributed by atoms with E-state index in [0.29, 0.717) is 19.4 Å². The summed E-state index contributed by atoms with van der Waals surface area (Å²) in [6.45, 7) is 4.83. The molecular formula is C52H99NO5. The van der Waals surface area contributed by atoms with Crippen LogP contribution in [0.4, 0.5) is 0 Å². The molecule has 0 saturated heterocycles. The van der Waals surface area contributed by atoms with Gasteiger partial charge in [-0.05, 0) is 57.8 Å². The Labute approximate surface area is 361 Å². The predicted molar refractivity (Wildman–Crippen MR) is 250 cm³/mol. The number of aliphatic hydroxyl groups excluding tert-OH is 2. The van der Waals surface area contributed by atoms with E-state index in [1.54, 1.807) is 6.08 Å². The van der Waals surface area contributed by atoms with Gasteiger partial charge in [-0.15, -0.1) is 0 Å². The molecule has 0 aromatic carbocycles. The molecule has 2 unspecified atom stereocenters. The van der Waals surface area contributed by atoms with Crippen molar-refractivity contribution in [3.05, 3.63) is 24.3 Å². The van der Waals surface area contributed by atoms with Gasteiger partial charge in [0.1, 0.15) is 0 Å². The van der Waals surface area contributed by atoms with Gasteiger partial charge in [-0.2, -0.15) is 0 Å². The third-order valence-corrected chi connectivity index (χ3v) is 11.7. The van der Waals surface area contributed by atoms with Crippen LogP contribution in [0.5, 0.6) is 0 Å². The van der Waals surface area contributed by atoms with Gasteiger partial charge in [-0.25, -0.2) is 0 Å². The number of hydrogen-bond donors (Lipinski definition) is 3.